The highest BCUT2D eigenvalue weighted by molar-refractivity contribution is 7.54. The van der Waals surface area contributed by atoms with Crippen LogP contribution in [0.4, 0.5) is 0 Å². The minimum Gasteiger partial charge on any atom is -0.450 e. The van der Waals surface area contributed by atoms with Gasteiger partial charge in [0, 0.05) is 6.92 Å². The number of hydrogen-bond acceptors (Lipinski definition) is 5. The second-order valence-corrected chi connectivity index (χ2v) is 6.11. The number of esters is 1. The number of carbonyl (C=O) groups excluding carboxylic acids is 1. The number of ether oxygens (including phenoxy) is 1. The monoisotopic (exact) mass is 280 g/mol. The molecule has 0 bridgehead atoms. The Morgan fingerprint density at radius 3 is 2.06 bits per heavy atom. The van der Waals surface area contributed by atoms with Crippen molar-refractivity contribution in [3.8, 4) is 0 Å². The lowest BCUT2D eigenvalue weighted by Gasteiger charge is -2.25. The van der Waals surface area contributed by atoms with Gasteiger partial charge >= 0.3 is 13.6 Å². The SMILES string of the molecule is CCCCCC(OC(C)=O)P(=O)(OCC)OCC. The van der Waals surface area contributed by atoms with Crippen molar-refractivity contribution in [1.82, 2.24) is 0 Å². The van der Waals surface area contributed by atoms with Crippen LogP contribution in [0.2, 0.25) is 0 Å². The third kappa shape index (κ3) is 6.53. The average molecular weight is 280 g/mol. The van der Waals surface area contributed by atoms with Crippen molar-refractivity contribution in [3.05, 3.63) is 0 Å². The lowest BCUT2D eigenvalue weighted by Crippen LogP contribution is -2.20. The summed E-state index contributed by atoms with van der Waals surface area (Å²) < 4.78 is 28.1. The molecule has 0 spiro atoms. The summed E-state index contributed by atoms with van der Waals surface area (Å²) in [5, 5.41) is 0. The van der Waals surface area contributed by atoms with E-state index in [0.29, 0.717) is 6.42 Å². The minimum absolute atomic E-state index is 0.267. The van der Waals surface area contributed by atoms with Gasteiger partial charge in [-0.3, -0.25) is 9.36 Å². The Morgan fingerprint density at radius 2 is 1.67 bits per heavy atom. The Labute approximate surface area is 110 Å². The van der Waals surface area contributed by atoms with Crippen LogP contribution in [0.3, 0.4) is 0 Å². The van der Waals surface area contributed by atoms with Crippen LogP contribution in [0.1, 0.15) is 53.4 Å². The number of carbonyl (C=O) groups is 1. The minimum atomic E-state index is -3.37. The van der Waals surface area contributed by atoms with E-state index < -0.39 is 19.4 Å². The van der Waals surface area contributed by atoms with Gasteiger partial charge in [-0.05, 0) is 26.7 Å². The smallest absolute Gasteiger partial charge is 0.370 e. The number of hydrogen-bond donors (Lipinski definition) is 0. The lowest BCUT2D eigenvalue weighted by atomic mass is 10.2. The van der Waals surface area contributed by atoms with E-state index in [9.17, 15) is 9.36 Å². The Hall–Kier alpha value is -0.380. The highest BCUT2D eigenvalue weighted by atomic mass is 31.2. The van der Waals surface area contributed by atoms with Gasteiger partial charge in [-0.2, -0.15) is 0 Å². The van der Waals surface area contributed by atoms with E-state index in [0.717, 1.165) is 19.3 Å². The van der Waals surface area contributed by atoms with Crippen molar-refractivity contribution in [2.45, 2.75) is 59.2 Å². The molecular weight excluding hydrogens is 255 g/mol. The summed E-state index contributed by atoms with van der Waals surface area (Å²) in [7, 11) is -3.37. The van der Waals surface area contributed by atoms with E-state index in [-0.39, 0.29) is 13.2 Å². The zero-order valence-electron chi connectivity index (χ0n) is 11.8. The summed E-state index contributed by atoms with van der Waals surface area (Å²) in [5.74, 6) is -1.25. The highest BCUT2D eigenvalue weighted by Crippen LogP contribution is 2.55. The molecule has 0 aromatic heterocycles. The molecule has 0 saturated heterocycles. The molecule has 5 nitrogen and oxygen atoms in total. The molecule has 0 heterocycles. The highest BCUT2D eigenvalue weighted by Gasteiger charge is 2.37. The molecule has 0 N–H and O–H groups in total. The van der Waals surface area contributed by atoms with E-state index in [4.69, 9.17) is 13.8 Å². The maximum Gasteiger partial charge on any atom is 0.370 e. The summed E-state index contributed by atoms with van der Waals surface area (Å²) in [6.07, 6.45) is 3.37. The summed E-state index contributed by atoms with van der Waals surface area (Å²) in [4.78, 5) is 11.1. The van der Waals surface area contributed by atoms with Gasteiger partial charge in [0.1, 0.15) is 0 Å². The molecule has 1 atom stereocenters. The molecule has 0 fully saturated rings. The number of rotatable bonds is 10. The molecule has 0 aromatic rings. The Kier molecular flexibility index (Phi) is 9.34. The first-order valence-electron chi connectivity index (χ1n) is 6.56. The second-order valence-electron chi connectivity index (χ2n) is 3.94. The van der Waals surface area contributed by atoms with E-state index in [1.807, 2.05) is 0 Å². The number of unbranched alkanes of at least 4 members (excludes halogenated alkanes) is 2. The third-order valence-electron chi connectivity index (χ3n) is 2.33. The van der Waals surface area contributed by atoms with E-state index in [2.05, 4.69) is 6.92 Å². The molecule has 0 aliphatic heterocycles. The fourth-order valence-electron chi connectivity index (χ4n) is 1.61. The van der Waals surface area contributed by atoms with Gasteiger partial charge in [0.2, 0.25) is 5.85 Å². The summed E-state index contributed by atoms with van der Waals surface area (Å²) in [5.41, 5.74) is 0. The van der Waals surface area contributed by atoms with E-state index in [1.54, 1.807) is 13.8 Å². The summed E-state index contributed by atoms with van der Waals surface area (Å²) >= 11 is 0. The van der Waals surface area contributed by atoms with Gasteiger partial charge in [-0.15, -0.1) is 0 Å². The van der Waals surface area contributed by atoms with Gasteiger partial charge in [0.15, 0.2) is 0 Å². The molecule has 0 aliphatic carbocycles. The molecule has 108 valence electrons. The largest absolute Gasteiger partial charge is 0.450 e. The lowest BCUT2D eigenvalue weighted by molar-refractivity contribution is -0.144. The fourth-order valence-corrected chi connectivity index (χ4v) is 3.51. The first kappa shape index (κ1) is 17.6. The molecule has 1 unspecified atom stereocenters. The van der Waals surface area contributed by atoms with Crippen molar-refractivity contribution in [2.75, 3.05) is 13.2 Å². The van der Waals surface area contributed by atoms with Crippen molar-refractivity contribution in [1.29, 1.82) is 0 Å². The molecule has 6 heteroatoms. The van der Waals surface area contributed by atoms with Crippen molar-refractivity contribution in [3.63, 3.8) is 0 Å². The van der Waals surface area contributed by atoms with Crippen LogP contribution in [0.5, 0.6) is 0 Å². The quantitative estimate of drug-likeness (QED) is 0.347. The van der Waals surface area contributed by atoms with Gasteiger partial charge < -0.3 is 13.8 Å². The first-order chi connectivity index (χ1) is 8.50. The van der Waals surface area contributed by atoms with Crippen LogP contribution >= 0.6 is 7.60 Å². The summed E-state index contributed by atoms with van der Waals surface area (Å²) in [6.45, 7) is 7.39. The molecule has 0 amide bonds. The van der Waals surface area contributed by atoms with Crippen molar-refractivity contribution in [2.24, 2.45) is 0 Å². The normalized spacial score (nSPS) is 13.3. The van der Waals surface area contributed by atoms with Crippen molar-refractivity contribution >= 4 is 13.6 Å². The molecule has 0 saturated carbocycles. The predicted molar refractivity (Wildman–Crippen MR) is 70.6 cm³/mol. The van der Waals surface area contributed by atoms with E-state index >= 15 is 0 Å². The van der Waals surface area contributed by atoms with Crippen LogP contribution in [0, 0.1) is 0 Å². The average Bonchev–Trinajstić information content (AvgIpc) is 2.28. The van der Waals surface area contributed by atoms with Gasteiger partial charge in [0.05, 0.1) is 13.2 Å². The second kappa shape index (κ2) is 9.54. The topological polar surface area (TPSA) is 61.8 Å². The molecule has 18 heavy (non-hydrogen) atoms. The van der Waals surface area contributed by atoms with Crippen LogP contribution in [-0.4, -0.2) is 25.0 Å². The van der Waals surface area contributed by atoms with E-state index in [1.165, 1.54) is 6.92 Å². The van der Waals surface area contributed by atoms with Gasteiger partial charge in [-0.1, -0.05) is 19.8 Å². The zero-order valence-corrected chi connectivity index (χ0v) is 12.7. The summed E-state index contributed by atoms with van der Waals surface area (Å²) in [6, 6.07) is 0. The third-order valence-corrected chi connectivity index (χ3v) is 4.63. The van der Waals surface area contributed by atoms with Crippen LogP contribution in [0.15, 0.2) is 0 Å². The van der Waals surface area contributed by atoms with Crippen LogP contribution < -0.4 is 0 Å². The Morgan fingerprint density at radius 1 is 1.11 bits per heavy atom. The molecule has 0 radical (unpaired) electrons. The maximum absolute atomic E-state index is 12.5. The Bertz CT molecular complexity index is 270. The van der Waals surface area contributed by atoms with Crippen molar-refractivity contribution < 1.29 is 23.1 Å². The Balaban J connectivity index is 4.73. The van der Waals surface area contributed by atoms with Gasteiger partial charge in [-0.25, -0.2) is 0 Å². The standard InChI is InChI=1S/C12H25O5P/c1-5-8-9-10-12(17-11(4)13)18(14,15-6-2)16-7-3/h12H,5-10H2,1-4H3. The first-order valence-corrected chi connectivity index (χ1v) is 8.17. The van der Waals surface area contributed by atoms with Crippen LogP contribution in [-0.2, 0) is 23.1 Å². The molecule has 0 aromatic carbocycles. The molecule has 0 aliphatic rings. The zero-order chi connectivity index (χ0) is 14.0. The maximum atomic E-state index is 12.5. The molecule has 0 rings (SSSR count). The van der Waals surface area contributed by atoms with Crippen LogP contribution in [0.25, 0.3) is 0 Å². The molecular formula is C12H25O5P. The van der Waals surface area contributed by atoms with Gasteiger partial charge in [0.25, 0.3) is 0 Å². The fraction of sp³-hybridized carbons (Fsp3) is 0.917. The predicted octanol–water partition coefficient (Wildman–Crippen LogP) is 3.72.